The number of oxazole rings is 2. The van der Waals surface area contributed by atoms with Crippen molar-refractivity contribution >= 4 is 22.2 Å². The first-order chi connectivity index (χ1) is 25.0. The summed E-state index contributed by atoms with van der Waals surface area (Å²) >= 11 is 0. The van der Waals surface area contributed by atoms with Crippen LogP contribution in [0.4, 0.5) is 0 Å². The predicted molar refractivity (Wildman–Crippen MR) is 200 cm³/mol. The molecule has 1 aliphatic rings. The number of hydrogen-bond acceptors (Lipinski definition) is 7. The summed E-state index contributed by atoms with van der Waals surface area (Å²) in [6, 6.07) is 46.7. The molecule has 0 aliphatic heterocycles. The Hall–Kier alpha value is -6.73. The first-order valence-electron chi connectivity index (χ1n) is 16.9. The number of fused-ring (bicyclic) bond motifs is 5. The summed E-state index contributed by atoms with van der Waals surface area (Å²) in [6.07, 6.45) is 0. The van der Waals surface area contributed by atoms with Gasteiger partial charge in [0.05, 0.1) is 0 Å². The maximum Gasteiger partial charge on any atom is 0.227 e. The highest BCUT2D eigenvalue weighted by atomic mass is 16.4. The molecule has 6 aromatic carbocycles. The van der Waals surface area contributed by atoms with Crippen LogP contribution in [0.3, 0.4) is 0 Å². The molecule has 3 heterocycles. The van der Waals surface area contributed by atoms with E-state index in [2.05, 4.69) is 56.3 Å². The molecule has 0 saturated heterocycles. The summed E-state index contributed by atoms with van der Waals surface area (Å²) in [5.74, 6) is 2.78. The number of rotatable bonds is 5. The summed E-state index contributed by atoms with van der Waals surface area (Å²) in [4.78, 5) is 24.8. The van der Waals surface area contributed by atoms with Gasteiger partial charge >= 0.3 is 0 Å². The van der Waals surface area contributed by atoms with Gasteiger partial charge in [-0.15, -0.1) is 0 Å². The van der Waals surface area contributed by atoms with Crippen molar-refractivity contribution in [1.29, 1.82) is 0 Å². The fourth-order valence-corrected chi connectivity index (χ4v) is 7.16. The lowest BCUT2D eigenvalue weighted by molar-refractivity contribution is 0.619. The van der Waals surface area contributed by atoms with Crippen molar-refractivity contribution in [3.8, 4) is 68.2 Å². The fourth-order valence-electron chi connectivity index (χ4n) is 7.16. The second kappa shape index (κ2) is 11.1. The second-order valence-corrected chi connectivity index (χ2v) is 13.4. The Labute approximate surface area is 293 Å². The standard InChI is InChI=1S/C44H29N5O2/c1-44(2)33-16-10-9-15-31(33)32-23-28(17-20-34(32)44)39-47-40(29-18-21-37-35(24-29)45-42(50-37)26-11-5-3-6-12-26)49-41(48-39)30-19-22-38-36(25-30)46-43(51-38)27-13-7-4-8-14-27/h3-25H,1-2H3. The van der Waals surface area contributed by atoms with E-state index in [1.807, 2.05) is 97.1 Å². The van der Waals surface area contributed by atoms with E-state index in [1.165, 1.54) is 22.3 Å². The maximum atomic E-state index is 6.11. The van der Waals surface area contributed by atoms with Crippen LogP contribution in [0.5, 0.6) is 0 Å². The van der Waals surface area contributed by atoms with E-state index >= 15 is 0 Å². The molecule has 0 atom stereocenters. The molecule has 0 bridgehead atoms. The highest BCUT2D eigenvalue weighted by Gasteiger charge is 2.35. The quantitative estimate of drug-likeness (QED) is 0.182. The third-order valence-corrected chi connectivity index (χ3v) is 9.81. The molecule has 0 saturated carbocycles. The highest BCUT2D eigenvalue weighted by Crippen LogP contribution is 2.49. The topological polar surface area (TPSA) is 90.7 Å². The number of benzene rings is 6. The average molecular weight is 660 g/mol. The SMILES string of the molecule is CC1(C)c2ccccc2-c2cc(-c3nc(-c4ccc5oc(-c6ccccc6)nc5c4)nc(-c4ccc5oc(-c6ccccc6)nc5c4)n3)ccc21. The van der Waals surface area contributed by atoms with Gasteiger partial charge in [0, 0.05) is 33.2 Å². The molecule has 51 heavy (non-hydrogen) atoms. The summed E-state index contributed by atoms with van der Waals surface area (Å²) in [5.41, 5.74) is 12.1. The molecule has 0 spiro atoms. The van der Waals surface area contributed by atoms with E-state index in [0.29, 0.717) is 40.4 Å². The van der Waals surface area contributed by atoms with Crippen molar-refractivity contribution in [2.45, 2.75) is 19.3 Å². The van der Waals surface area contributed by atoms with E-state index in [9.17, 15) is 0 Å². The molecule has 3 aromatic heterocycles. The molecule has 0 amide bonds. The van der Waals surface area contributed by atoms with Crippen LogP contribution >= 0.6 is 0 Å². The average Bonchev–Trinajstić information content (AvgIpc) is 3.88. The van der Waals surface area contributed by atoms with Gasteiger partial charge in [-0.05, 0) is 89.0 Å². The van der Waals surface area contributed by atoms with E-state index in [1.54, 1.807) is 0 Å². The van der Waals surface area contributed by atoms with Crippen molar-refractivity contribution in [3.05, 3.63) is 151 Å². The Morgan fingerprint density at radius 3 is 1.39 bits per heavy atom. The van der Waals surface area contributed by atoms with E-state index in [-0.39, 0.29) is 5.41 Å². The van der Waals surface area contributed by atoms with E-state index < -0.39 is 0 Å². The number of hydrogen-bond donors (Lipinski definition) is 0. The van der Waals surface area contributed by atoms with Crippen LogP contribution in [0.25, 0.3) is 90.4 Å². The highest BCUT2D eigenvalue weighted by molar-refractivity contribution is 5.86. The van der Waals surface area contributed by atoms with E-state index in [0.717, 1.165) is 38.9 Å². The Morgan fingerprint density at radius 1 is 0.392 bits per heavy atom. The minimum Gasteiger partial charge on any atom is -0.436 e. The van der Waals surface area contributed by atoms with E-state index in [4.69, 9.17) is 33.8 Å². The van der Waals surface area contributed by atoms with Crippen molar-refractivity contribution in [2.75, 3.05) is 0 Å². The molecular formula is C44H29N5O2. The Kier molecular flexibility index (Phi) is 6.39. The summed E-state index contributed by atoms with van der Waals surface area (Å²) in [5, 5.41) is 0. The van der Waals surface area contributed by atoms with Crippen LogP contribution in [-0.4, -0.2) is 24.9 Å². The van der Waals surface area contributed by atoms with Gasteiger partial charge in [0.1, 0.15) is 11.0 Å². The zero-order valence-corrected chi connectivity index (χ0v) is 27.8. The molecule has 1 aliphatic carbocycles. The van der Waals surface area contributed by atoms with Crippen molar-refractivity contribution in [3.63, 3.8) is 0 Å². The van der Waals surface area contributed by atoms with Gasteiger partial charge < -0.3 is 8.83 Å². The zero-order valence-electron chi connectivity index (χ0n) is 27.8. The van der Waals surface area contributed by atoms with Crippen LogP contribution in [0.1, 0.15) is 25.0 Å². The molecule has 9 aromatic rings. The van der Waals surface area contributed by atoms with Crippen molar-refractivity contribution in [1.82, 2.24) is 24.9 Å². The third kappa shape index (κ3) is 4.85. The summed E-state index contributed by atoms with van der Waals surface area (Å²) in [7, 11) is 0. The minimum absolute atomic E-state index is 0.100. The lowest BCUT2D eigenvalue weighted by Gasteiger charge is -2.21. The minimum atomic E-state index is -0.100. The number of aromatic nitrogens is 5. The van der Waals surface area contributed by atoms with Gasteiger partial charge in [0.15, 0.2) is 28.6 Å². The smallest absolute Gasteiger partial charge is 0.227 e. The first-order valence-corrected chi connectivity index (χ1v) is 16.9. The lowest BCUT2D eigenvalue weighted by atomic mass is 9.82. The van der Waals surface area contributed by atoms with Gasteiger partial charge in [-0.2, -0.15) is 0 Å². The van der Waals surface area contributed by atoms with Crippen LogP contribution in [0.2, 0.25) is 0 Å². The molecule has 7 heteroatoms. The normalized spacial score (nSPS) is 13.1. The Bertz CT molecular complexity index is 2650. The first kappa shape index (κ1) is 29.2. The largest absolute Gasteiger partial charge is 0.436 e. The molecule has 10 rings (SSSR count). The van der Waals surface area contributed by atoms with Crippen LogP contribution in [0.15, 0.2) is 148 Å². The second-order valence-electron chi connectivity index (χ2n) is 13.4. The Balaban J connectivity index is 1.13. The molecule has 242 valence electrons. The zero-order chi connectivity index (χ0) is 34.1. The lowest BCUT2D eigenvalue weighted by Crippen LogP contribution is -2.14. The van der Waals surface area contributed by atoms with Gasteiger partial charge in [0.25, 0.3) is 0 Å². The predicted octanol–water partition coefficient (Wildman–Crippen LogP) is 10.8. The molecule has 0 fully saturated rings. The summed E-state index contributed by atoms with van der Waals surface area (Å²) in [6.45, 7) is 4.56. The van der Waals surface area contributed by atoms with Crippen LogP contribution in [0, 0.1) is 0 Å². The Morgan fingerprint density at radius 2 is 0.843 bits per heavy atom. The van der Waals surface area contributed by atoms with Gasteiger partial charge in [0.2, 0.25) is 11.8 Å². The summed E-state index contributed by atoms with van der Waals surface area (Å²) < 4.78 is 12.2. The molecule has 0 unspecified atom stereocenters. The van der Waals surface area contributed by atoms with Gasteiger partial charge in [-0.1, -0.05) is 86.6 Å². The van der Waals surface area contributed by atoms with Gasteiger partial charge in [-0.3, -0.25) is 0 Å². The van der Waals surface area contributed by atoms with Crippen LogP contribution < -0.4 is 0 Å². The molecular weight excluding hydrogens is 631 g/mol. The molecule has 7 nitrogen and oxygen atoms in total. The molecule has 0 radical (unpaired) electrons. The third-order valence-electron chi connectivity index (χ3n) is 9.81. The maximum absolute atomic E-state index is 6.11. The van der Waals surface area contributed by atoms with Gasteiger partial charge in [-0.25, -0.2) is 24.9 Å². The van der Waals surface area contributed by atoms with Crippen molar-refractivity contribution in [2.24, 2.45) is 0 Å². The monoisotopic (exact) mass is 659 g/mol. The number of nitrogens with zero attached hydrogens (tertiary/aromatic N) is 5. The van der Waals surface area contributed by atoms with Crippen molar-refractivity contribution < 1.29 is 8.83 Å². The fraction of sp³-hybridized carbons (Fsp3) is 0.0682. The van der Waals surface area contributed by atoms with Crippen LogP contribution in [-0.2, 0) is 5.41 Å². The molecule has 0 N–H and O–H groups in total.